The molecule has 4 nitrogen and oxygen atoms in total. The van der Waals surface area contributed by atoms with Crippen LogP contribution in [-0.2, 0) is 4.79 Å². The Morgan fingerprint density at radius 1 is 1.33 bits per heavy atom. The molecule has 3 rings (SSSR count). The number of benzene rings is 2. The zero-order valence-corrected chi connectivity index (χ0v) is 13.4. The fourth-order valence-electron chi connectivity index (χ4n) is 2.78. The van der Waals surface area contributed by atoms with Crippen molar-refractivity contribution in [1.29, 1.82) is 0 Å². The maximum atomic E-state index is 13.9. The summed E-state index contributed by atoms with van der Waals surface area (Å²) in [6.07, 6.45) is 1.52. The van der Waals surface area contributed by atoms with Gasteiger partial charge in [-0.15, -0.1) is 0 Å². The van der Waals surface area contributed by atoms with Gasteiger partial charge in [0.05, 0.1) is 5.69 Å². The molecule has 1 unspecified atom stereocenters. The standard InChI is InChI=1S/C19H19FN2O2/c1-12(13-6-7-18-17(11-13)22-8-9-24-18)15(19(21)23)10-14-4-2-3-5-16(14)20/h2-7,10-12,22H,8-9H2,1H3,(H2,21,23). The SMILES string of the molecule is CC(C(=Cc1ccccc1F)C(N)=O)c1ccc2c(c1)NCCO2. The van der Waals surface area contributed by atoms with E-state index in [9.17, 15) is 9.18 Å². The number of nitrogens with one attached hydrogen (secondary N) is 1. The highest BCUT2D eigenvalue weighted by Gasteiger charge is 2.19. The van der Waals surface area contributed by atoms with Crippen LogP contribution in [0.25, 0.3) is 6.08 Å². The summed E-state index contributed by atoms with van der Waals surface area (Å²) in [4.78, 5) is 11.9. The molecule has 1 atom stereocenters. The minimum atomic E-state index is -0.562. The largest absolute Gasteiger partial charge is 0.490 e. The first-order valence-corrected chi connectivity index (χ1v) is 7.83. The number of halogens is 1. The van der Waals surface area contributed by atoms with Crippen molar-refractivity contribution in [3.8, 4) is 5.75 Å². The summed E-state index contributed by atoms with van der Waals surface area (Å²) in [5, 5.41) is 3.26. The number of hydrogen-bond donors (Lipinski definition) is 2. The number of ether oxygens (including phenoxy) is 1. The summed E-state index contributed by atoms with van der Waals surface area (Å²) in [5.74, 6) is -0.427. The first-order valence-electron chi connectivity index (χ1n) is 7.83. The highest BCUT2D eigenvalue weighted by Crippen LogP contribution is 2.33. The molecule has 124 valence electrons. The maximum Gasteiger partial charge on any atom is 0.245 e. The number of anilines is 1. The van der Waals surface area contributed by atoms with Crippen LogP contribution in [0.2, 0.25) is 0 Å². The third kappa shape index (κ3) is 3.25. The monoisotopic (exact) mass is 326 g/mol. The first-order chi connectivity index (χ1) is 11.6. The van der Waals surface area contributed by atoms with Crippen molar-refractivity contribution in [2.75, 3.05) is 18.5 Å². The van der Waals surface area contributed by atoms with E-state index in [0.717, 1.165) is 23.5 Å². The van der Waals surface area contributed by atoms with Gasteiger partial charge in [0.1, 0.15) is 18.2 Å². The number of rotatable bonds is 4. The molecule has 0 saturated carbocycles. The van der Waals surface area contributed by atoms with Gasteiger partial charge in [0.2, 0.25) is 5.91 Å². The molecular formula is C19H19FN2O2. The molecule has 1 aliphatic rings. The highest BCUT2D eigenvalue weighted by atomic mass is 19.1. The van der Waals surface area contributed by atoms with E-state index >= 15 is 0 Å². The predicted molar refractivity (Wildman–Crippen MR) is 92.4 cm³/mol. The van der Waals surface area contributed by atoms with Crippen LogP contribution >= 0.6 is 0 Å². The van der Waals surface area contributed by atoms with E-state index in [-0.39, 0.29) is 11.7 Å². The molecule has 0 saturated heterocycles. The summed E-state index contributed by atoms with van der Waals surface area (Å²) in [6, 6.07) is 12.0. The van der Waals surface area contributed by atoms with Crippen molar-refractivity contribution in [3.05, 3.63) is 65.0 Å². The molecule has 1 heterocycles. The summed E-state index contributed by atoms with van der Waals surface area (Å²) in [5.41, 5.74) is 8.04. The van der Waals surface area contributed by atoms with Crippen molar-refractivity contribution >= 4 is 17.7 Å². The van der Waals surface area contributed by atoms with Crippen LogP contribution in [0.1, 0.15) is 24.0 Å². The Hall–Kier alpha value is -2.82. The van der Waals surface area contributed by atoms with E-state index in [0.29, 0.717) is 17.7 Å². The van der Waals surface area contributed by atoms with E-state index in [1.54, 1.807) is 18.2 Å². The molecule has 1 aliphatic heterocycles. The molecule has 3 N–H and O–H groups in total. The maximum absolute atomic E-state index is 13.9. The molecule has 1 amide bonds. The third-order valence-electron chi connectivity index (χ3n) is 4.15. The third-order valence-corrected chi connectivity index (χ3v) is 4.15. The zero-order chi connectivity index (χ0) is 17.1. The van der Waals surface area contributed by atoms with Gasteiger partial charge in [0.15, 0.2) is 0 Å². The van der Waals surface area contributed by atoms with Crippen molar-refractivity contribution in [3.63, 3.8) is 0 Å². The van der Waals surface area contributed by atoms with Crippen molar-refractivity contribution < 1.29 is 13.9 Å². The average molecular weight is 326 g/mol. The van der Waals surface area contributed by atoms with Crippen molar-refractivity contribution in [2.24, 2.45) is 5.73 Å². The van der Waals surface area contributed by atoms with Crippen LogP contribution in [0.3, 0.4) is 0 Å². The van der Waals surface area contributed by atoms with Crippen molar-refractivity contribution in [2.45, 2.75) is 12.8 Å². The van der Waals surface area contributed by atoms with Gasteiger partial charge in [-0.2, -0.15) is 0 Å². The summed E-state index contributed by atoms with van der Waals surface area (Å²) in [7, 11) is 0. The van der Waals surface area contributed by atoms with Crippen molar-refractivity contribution in [1.82, 2.24) is 0 Å². The van der Waals surface area contributed by atoms with E-state index in [4.69, 9.17) is 10.5 Å². The lowest BCUT2D eigenvalue weighted by Gasteiger charge is -2.22. The molecule has 0 aromatic heterocycles. The van der Waals surface area contributed by atoms with E-state index in [1.807, 2.05) is 25.1 Å². The second-order valence-corrected chi connectivity index (χ2v) is 5.74. The molecule has 24 heavy (non-hydrogen) atoms. The fraction of sp³-hybridized carbons (Fsp3) is 0.211. The Bertz CT molecular complexity index is 802. The van der Waals surface area contributed by atoms with Gasteiger partial charge in [-0.3, -0.25) is 4.79 Å². The number of nitrogens with two attached hydrogens (primary N) is 1. The topological polar surface area (TPSA) is 64.4 Å². The summed E-state index contributed by atoms with van der Waals surface area (Å²) < 4.78 is 19.4. The van der Waals surface area contributed by atoms with E-state index in [1.165, 1.54) is 12.1 Å². The van der Waals surface area contributed by atoms with Crippen LogP contribution in [-0.4, -0.2) is 19.1 Å². The lowest BCUT2D eigenvalue weighted by Crippen LogP contribution is -2.20. The quantitative estimate of drug-likeness (QED) is 0.847. The minimum Gasteiger partial charge on any atom is -0.490 e. The van der Waals surface area contributed by atoms with E-state index in [2.05, 4.69) is 5.32 Å². The Labute approximate surface area is 140 Å². The number of amides is 1. The van der Waals surface area contributed by atoms with Gasteiger partial charge in [-0.25, -0.2) is 4.39 Å². The second kappa shape index (κ2) is 6.74. The molecule has 0 bridgehead atoms. The number of primary amides is 1. The van der Waals surface area contributed by atoms with Crippen LogP contribution in [0.15, 0.2) is 48.0 Å². The minimum absolute atomic E-state index is 0.267. The predicted octanol–water partition coefficient (Wildman–Crippen LogP) is 3.30. The normalized spacial score (nSPS) is 15.0. The molecular weight excluding hydrogens is 307 g/mol. The molecule has 2 aromatic carbocycles. The average Bonchev–Trinajstić information content (AvgIpc) is 2.59. The van der Waals surface area contributed by atoms with Crippen LogP contribution in [0.5, 0.6) is 5.75 Å². The first kappa shape index (κ1) is 16.1. The van der Waals surface area contributed by atoms with Gasteiger partial charge in [-0.1, -0.05) is 31.2 Å². The smallest absolute Gasteiger partial charge is 0.245 e. The lowest BCUT2D eigenvalue weighted by atomic mass is 9.90. The zero-order valence-electron chi connectivity index (χ0n) is 13.4. The van der Waals surface area contributed by atoms with Crippen LogP contribution in [0, 0.1) is 5.82 Å². The van der Waals surface area contributed by atoms with Crippen LogP contribution in [0.4, 0.5) is 10.1 Å². The Morgan fingerprint density at radius 2 is 2.12 bits per heavy atom. The second-order valence-electron chi connectivity index (χ2n) is 5.74. The number of carbonyl (C=O) groups is 1. The molecule has 0 aliphatic carbocycles. The number of hydrogen-bond acceptors (Lipinski definition) is 3. The highest BCUT2D eigenvalue weighted by molar-refractivity contribution is 5.98. The summed E-state index contributed by atoms with van der Waals surface area (Å²) >= 11 is 0. The van der Waals surface area contributed by atoms with Gasteiger partial charge < -0.3 is 15.8 Å². The molecule has 0 fully saturated rings. The van der Waals surface area contributed by atoms with Gasteiger partial charge in [0, 0.05) is 23.6 Å². The van der Waals surface area contributed by atoms with Gasteiger partial charge >= 0.3 is 0 Å². The summed E-state index contributed by atoms with van der Waals surface area (Å²) in [6.45, 7) is 3.24. The lowest BCUT2D eigenvalue weighted by molar-refractivity contribution is -0.114. The number of fused-ring (bicyclic) bond motifs is 1. The van der Waals surface area contributed by atoms with Gasteiger partial charge in [0.25, 0.3) is 0 Å². The van der Waals surface area contributed by atoms with E-state index < -0.39 is 5.91 Å². The van der Waals surface area contributed by atoms with Gasteiger partial charge in [-0.05, 0) is 29.8 Å². The molecule has 0 radical (unpaired) electrons. The number of carbonyl (C=O) groups excluding carboxylic acids is 1. The molecule has 5 heteroatoms. The Balaban J connectivity index is 1.97. The molecule has 0 spiro atoms. The van der Waals surface area contributed by atoms with Crippen LogP contribution < -0.4 is 15.8 Å². The Kier molecular flexibility index (Phi) is 4.51. The molecule has 2 aromatic rings. The fourth-order valence-corrected chi connectivity index (χ4v) is 2.78. The Morgan fingerprint density at radius 3 is 2.88 bits per heavy atom.